The highest BCUT2D eigenvalue weighted by Crippen LogP contribution is 2.44. The second-order valence-corrected chi connectivity index (χ2v) is 7.49. The molecule has 2 aromatic rings. The fourth-order valence-corrected chi connectivity index (χ4v) is 3.33. The number of benzene rings is 1. The molecule has 0 atom stereocenters. The van der Waals surface area contributed by atoms with Gasteiger partial charge in [-0.3, -0.25) is 9.48 Å². The number of halogens is 2. The molecule has 2 aliphatic carbocycles. The number of carbonyl (C=O) groups excluding carboxylic acids is 1. The van der Waals surface area contributed by atoms with Gasteiger partial charge in [0.05, 0.1) is 22.8 Å². The molecule has 2 fully saturated rings. The lowest BCUT2D eigenvalue weighted by molar-refractivity contribution is 0.0952. The van der Waals surface area contributed by atoms with Gasteiger partial charge in [-0.25, -0.2) is 0 Å². The standard InChI is InChI=1S/C18H19Cl2N3O/c19-13-5-6-15(20)14(9-13)18(24)21-7-8-23-17(12-3-4-12)10-16(22-23)11-1-2-11/h5-6,9-12H,1-4,7-8H2,(H,21,24). The lowest BCUT2D eigenvalue weighted by Crippen LogP contribution is -2.28. The van der Waals surface area contributed by atoms with E-state index in [2.05, 4.69) is 16.1 Å². The van der Waals surface area contributed by atoms with Gasteiger partial charge in [-0.2, -0.15) is 5.10 Å². The van der Waals surface area contributed by atoms with Crippen LogP contribution in [-0.2, 0) is 6.54 Å². The predicted octanol–water partition coefficient (Wildman–Crippen LogP) is 4.37. The van der Waals surface area contributed by atoms with E-state index in [-0.39, 0.29) is 5.91 Å². The Kier molecular flexibility index (Phi) is 4.27. The van der Waals surface area contributed by atoms with Crippen LogP contribution in [0, 0.1) is 0 Å². The van der Waals surface area contributed by atoms with Gasteiger partial charge in [0.1, 0.15) is 0 Å². The van der Waals surface area contributed by atoms with Crippen molar-refractivity contribution in [2.45, 2.75) is 44.1 Å². The Bertz CT molecular complexity index is 779. The number of hydrogen-bond acceptors (Lipinski definition) is 2. The first kappa shape index (κ1) is 16.0. The van der Waals surface area contributed by atoms with Gasteiger partial charge in [0.25, 0.3) is 5.91 Å². The molecule has 4 rings (SSSR count). The molecule has 0 radical (unpaired) electrons. The van der Waals surface area contributed by atoms with E-state index in [0.29, 0.717) is 40.5 Å². The Morgan fingerprint density at radius 1 is 1.17 bits per heavy atom. The zero-order valence-corrected chi connectivity index (χ0v) is 14.8. The largest absolute Gasteiger partial charge is 0.350 e. The molecule has 0 spiro atoms. The molecule has 0 bridgehead atoms. The minimum Gasteiger partial charge on any atom is -0.350 e. The Morgan fingerprint density at radius 3 is 2.62 bits per heavy atom. The molecule has 1 heterocycles. The van der Waals surface area contributed by atoms with Crippen LogP contribution in [0.5, 0.6) is 0 Å². The first-order valence-corrected chi connectivity index (χ1v) is 9.18. The minimum atomic E-state index is -0.204. The van der Waals surface area contributed by atoms with Crippen molar-refractivity contribution in [3.63, 3.8) is 0 Å². The van der Waals surface area contributed by atoms with Crippen LogP contribution >= 0.6 is 23.2 Å². The molecular formula is C18H19Cl2N3O. The van der Waals surface area contributed by atoms with Crippen LogP contribution < -0.4 is 5.32 Å². The molecule has 1 aromatic heterocycles. The molecule has 2 aliphatic rings. The second-order valence-electron chi connectivity index (χ2n) is 6.65. The maximum Gasteiger partial charge on any atom is 0.252 e. The average Bonchev–Trinajstić information content (AvgIpc) is 3.48. The third kappa shape index (κ3) is 3.45. The lowest BCUT2D eigenvalue weighted by Gasteiger charge is -2.09. The topological polar surface area (TPSA) is 46.9 Å². The molecule has 24 heavy (non-hydrogen) atoms. The van der Waals surface area contributed by atoms with Crippen LogP contribution in [-0.4, -0.2) is 22.2 Å². The van der Waals surface area contributed by atoms with Crippen molar-refractivity contribution >= 4 is 29.1 Å². The normalized spacial score (nSPS) is 17.1. The summed E-state index contributed by atoms with van der Waals surface area (Å²) < 4.78 is 2.07. The average molecular weight is 364 g/mol. The lowest BCUT2D eigenvalue weighted by atomic mass is 10.2. The minimum absolute atomic E-state index is 0.204. The highest BCUT2D eigenvalue weighted by Gasteiger charge is 2.32. The SMILES string of the molecule is O=C(NCCn1nc(C2CC2)cc1C1CC1)c1cc(Cl)ccc1Cl. The van der Waals surface area contributed by atoms with Gasteiger partial charge in [0.15, 0.2) is 0 Å². The van der Waals surface area contributed by atoms with Crippen LogP contribution in [0.25, 0.3) is 0 Å². The number of hydrogen-bond donors (Lipinski definition) is 1. The number of nitrogens with one attached hydrogen (secondary N) is 1. The summed E-state index contributed by atoms with van der Waals surface area (Å²) in [5.74, 6) is 1.11. The van der Waals surface area contributed by atoms with Gasteiger partial charge in [0.2, 0.25) is 0 Å². The van der Waals surface area contributed by atoms with E-state index in [9.17, 15) is 4.79 Å². The maximum atomic E-state index is 12.3. The molecule has 4 nitrogen and oxygen atoms in total. The third-order valence-corrected chi connectivity index (χ3v) is 5.17. The van der Waals surface area contributed by atoms with Crippen LogP contribution in [0.15, 0.2) is 24.3 Å². The summed E-state index contributed by atoms with van der Waals surface area (Å²) in [6, 6.07) is 7.17. The van der Waals surface area contributed by atoms with Gasteiger partial charge in [0, 0.05) is 29.1 Å². The number of nitrogens with zero attached hydrogens (tertiary/aromatic N) is 2. The van der Waals surface area contributed by atoms with Crippen LogP contribution in [0.2, 0.25) is 10.0 Å². The van der Waals surface area contributed by atoms with Crippen molar-refractivity contribution < 1.29 is 4.79 Å². The van der Waals surface area contributed by atoms with Crippen molar-refractivity contribution in [1.82, 2.24) is 15.1 Å². The molecule has 1 amide bonds. The van der Waals surface area contributed by atoms with Crippen LogP contribution in [0.3, 0.4) is 0 Å². The molecule has 1 N–H and O–H groups in total. The maximum absolute atomic E-state index is 12.3. The first-order valence-electron chi connectivity index (χ1n) is 8.42. The summed E-state index contributed by atoms with van der Waals surface area (Å²) in [5.41, 5.74) is 2.96. The van der Waals surface area contributed by atoms with E-state index in [0.717, 1.165) is 0 Å². The number of amides is 1. The number of aromatic nitrogens is 2. The molecule has 0 unspecified atom stereocenters. The van der Waals surface area contributed by atoms with Crippen molar-refractivity contribution in [2.75, 3.05) is 6.54 Å². The van der Waals surface area contributed by atoms with E-state index < -0.39 is 0 Å². The Labute approximate surface area is 151 Å². The van der Waals surface area contributed by atoms with Gasteiger partial charge < -0.3 is 5.32 Å². The summed E-state index contributed by atoms with van der Waals surface area (Å²) in [7, 11) is 0. The summed E-state index contributed by atoms with van der Waals surface area (Å²) in [4.78, 5) is 12.3. The molecular weight excluding hydrogens is 345 g/mol. The molecule has 6 heteroatoms. The van der Waals surface area contributed by atoms with Crippen molar-refractivity contribution in [3.05, 3.63) is 51.3 Å². The number of carbonyl (C=O) groups is 1. The molecule has 1 aromatic carbocycles. The summed E-state index contributed by atoms with van der Waals surface area (Å²) in [5, 5.41) is 8.58. The monoisotopic (exact) mass is 363 g/mol. The highest BCUT2D eigenvalue weighted by molar-refractivity contribution is 6.35. The Balaban J connectivity index is 1.40. The molecule has 126 valence electrons. The van der Waals surface area contributed by atoms with Crippen molar-refractivity contribution in [3.8, 4) is 0 Å². The zero-order valence-electron chi connectivity index (χ0n) is 13.3. The second kappa shape index (κ2) is 6.41. The quantitative estimate of drug-likeness (QED) is 0.827. The van der Waals surface area contributed by atoms with Crippen LogP contribution in [0.1, 0.15) is 59.3 Å². The Hall–Kier alpha value is -1.52. The van der Waals surface area contributed by atoms with Crippen molar-refractivity contribution in [2.24, 2.45) is 0 Å². The highest BCUT2D eigenvalue weighted by atomic mass is 35.5. The molecule has 0 aliphatic heterocycles. The van der Waals surface area contributed by atoms with E-state index in [4.69, 9.17) is 28.3 Å². The summed E-state index contributed by atoms with van der Waals surface area (Å²) >= 11 is 12.0. The first-order chi connectivity index (χ1) is 11.6. The Morgan fingerprint density at radius 2 is 1.92 bits per heavy atom. The van der Waals surface area contributed by atoms with E-state index in [1.807, 2.05) is 0 Å². The zero-order chi connectivity index (χ0) is 16.7. The van der Waals surface area contributed by atoms with E-state index >= 15 is 0 Å². The van der Waals surface area contributed by atoms with Gasteiger partial charge >= 0.3 is 0 Å². The molecule has 0 saturated heterocycles. The summed E-state index contributed by atoms with van der Waals surface area (Å²) in [6.45, 7) is 1.20. The van der Waals surface area contributed by atoms with E-state index in [1.54, 1.807) is 18.2 Å². The fraction of sp³-hybridized carbons (Fsp3) is 0.444. The predicted molar refractivity (Wildman–Crippen MR) is 95.0 cm³/mol. The van der Waals surface area contributed by atoms with Crippen molar-refractivity contribution in [1.29, 1.82) is 0 Å². The van der Waals surface area contributed by atoms with Gasteiger partial charge in [-0.15, -0.1) is 0 Å². The van der Waals surface area contributed by atoms with Crippen LogP contribution in [0.4, 0.5) is 0 Å². The summed E-state index contributed by atoms with van der Waals surface area (Å²) in [6.07, 6.45) is 5.01. The third-order valence-electron chi connectivity index (χ3n) is 4.60. The van der Waals surface area contributed by atoms with Gasteiger partial charge in [-0.1, -0.05) is 23.2 Å². The van der Waals surface area contributed by atoms with Gasteiger partial charge in [-0.05, 0) is 49.9 Å². The molecule has 2 saturated carbocycles. The smallest absolute Gasteiger partial charge is 0.252 e. The fourth-order valence-electron chi connectivity index (χ4n) is 2.96. The number of rotatable bonds is 6. The van der Waals surface area contributed by atoms with E-state index in [1.165, 1.54) is 37.1 Å².